The highest BCUT2D eigenvalue weighted by Crippen LogP contribution is 1.92. The fourth-order valence-corrected chi connectivity index (χ4v) is 0.992. The van der Waals surface area contributed by atoms with Crippen LogP contribution >= 0.6 is 0 Å². The predicted octanol–water partition coefficient (Wildman–Crippen LogP) is 0.0728. The van der Waals surface area contributed by atoms with Crippen LogP contribution in [0, 0.1) is 0 Å². The van der Waals surface area contributed by atoms with Gasteiger partial charge in [0, 0.05) is 19.9 Å². The molecule has 0 radical (unpaired) electrons. The summed E-state index contributed by atoms with van der Waals surface area (Å²) in [6, 6.07) is 1.86. The van der Waals surface area contributed by atoms with Crippen molar-refractivity contribution in [2.24, 2.45) is 7.05 Å². The smallest absolute Gasteiger partial charge is 0.246 e. The summed E-state index contributed by atoms with van der Waals surface area (Å²) in [5, 5.41) is 6.83. The number of carbonyl (C=O) groups excluding carboxylic acids is 1. The molecule has 0 bridgehead atoms. The first kappa shape index (κ1) is 10.7. The molecule has 14 heavy (non-hydrogen) atoms. The lowest BCUT2D eigenvalue weighted by Gasteiger charge is -2.02. The van der Waals surface area contributed by atoms with Crippen molar-refractivity contribution in [2.45, 2.75) is 13.5 Å². The Morgan fingerprint density at radius 1 is 1.71 bits per heavy atom. The van der Waals surface area contributed by atoms with Crippen LogP contribution < -0.4 is 5.32 Å². The average molecular weight is 197 g/mol. The molecule has 1 amide bonds. The molecular formula is C9H15N3O2. The zero-order chi connectivity index (χ0) is 10.4. The van der Waals surface area contributed by atoms with Crippen molar-refractivity contribution in [3.8, 4) is 0 Å². The molecule has 0 aliphatic rings. The van der Waals surface area contributed by atoms with Gasteiger partial charge in [-0.15, -0.1) is 0 Å². The first-order valence-electron chi connectivity index (χ1n) is 4.55. The zero-order valence-electron chi connectivity index (χ0n) is 8.49. The van der Waals surface area contributed by atoms with Gasteiger partial charge in [-0.05, 0) is 13.0 Å². The van der Waals surface area contributed by atoms with Crippen molar-refractivity contribution >= 4 is 5.91 Å². The Morgan fingerprint density at radius 2 is 2.50 bits per heavy atom. The van der Waals surface area contributed by atoms with Gasteiger partial charge >= 0.3 is 0 Å². The lowest BCUT2D eigenvalue weighted by atomic mass is 10.4. The number of amides is 1. The molecule has 0 spiro atoms. The lowest BCUT2D eigenvalue weighted by molar-refractivity contribution is -0.125. The van der Waals surface area contributed by atoms with Crippen molar-refractivity contribution in [2.75, 3.05) is 13.2 Å². The molecule has 1 aromatic heterocycles. The lowest BCUT2D eigenvalue weighted by Crippen LogP contribution is -2.27. The molecule has 1 N–H and O–H groups in total. The second-order valence-electron chi connectivity index (χ2n) is 2.89. The van der Waals surface area contributed by atoms with E-state index >= 15 is 0 Å². The van der Waals surface area contributed by atoms with E-state index in [2.05, 4.69) is 10.4 Å². The van der Waals surface area contributed by atoms with Gasteiger partial charge in [0.2, 0.25) is 5.91 Å². The molecule has 0 saturated carbocycles. The molecule has 5 nitrogen and oxygen atoms in total. The van der Waals surface area contributed by atoms with Crippen molar-refractivity contribution in [1.29, 1.82) is 0 Å². The summed E-state index contributed by atoms with van der Waals surface area (Å²) >= 11 is 0. The van der Waals surface area contributed by atoms with Crippen LogP contribution in [-0.2, 0) is 23.1 Å². The SMILES string of the molecule is CCOCC(=O)NCc1ccn(C)n1. The predicted molar refractivity (Wildman–Crippen MR) is 51.5 cm³/mol. The van der Waals surface area contributed by atoms with E-state index in [1.807, 2.05) is 26.2 Å². The number of aromatic nitrogens is 2. The maximum atomic E-state index is 11.1. The van der Waals surface area contributed by atoms with Crippen molar-refractivity contribution in [3.05, 3.63) is 18.0 Å². The number of ether oxygens (including phenoxy) is 1. The van der Waals surface area contributed by atoms with Crippen LogP contribution in [0.4, 0.5) is 0 Å². The quantitative estimate of drug-likeness (QED) is 0.727. The number of nitrogens with zero attached hydrogens (tertiary/aromatic N) is 2. The third-order valence-electron chi connectivity index (χ3n) is 1.67. The van der Waals surface area contributed by atoms with Crippen LogP contribution in [0.25, 0.3) is 0 Å². The van der Waals surface area contributed by atoms with Gasteiger partial charge in [0.1, 0.15) is 6.61 Å². The standard InChI is InChI=1S/C9H15N3O2/c1-3-14-7-9(13)10-6-8-4-5-12(2)11-8/h4-5H,3,6-7H2,1-2H3,(H,10,13). The van der Waals surface area contributed by atoms with Crippen molar-refractivity contribution < 1.29 is 9.53 Å². The third-order valence-corrected chi connectivity index (χ3v) is 1.67. The zero-order valence-corrected chi connectivity index (χ0v) is 8.49. The van der Waals surface area contributed by atoms with Gasteiger partial charge in [-0.2, -0.15) is 5.10 Å². The summed E-state index contributed by atoms with van der Waals surface area (Å²) in [6.45, 7) is 2.97. The van der Waals surface area contributed by atoms with E-state index in [0.29, 0.717) is 13.2 Å². The van der Waals surface area contributed by atoms with E-state index in [4.69, 9.17) is 4.74 Å². The number of rotatable bonds is 5. The van der Waals surface area contributed by atoms with E-state index in [1.165, 1.54) is 0 Å². The molecule has 0 fully saturated rings. The number of aryl methyl sites for hydroxylation is 1. The first-order chi connectivity index (χ1) is 6.72. The van der Waals surface area contributed by atoms with E-state index in [1.54, 1.807) is 4.68 Å². The molecule has 1 rings (SSSR count). The number of nitrogens with one attached hydrogen (secondary N) is 1. The minimum absolute atomic E-state index is 0.113. The first-order valence-corrected chi connectivity index (χ1v) is 4.55. The second-order valence-corrected chi connectivity index (χ2v) is 2.89. The molecule has 0 atom stereocenters. The van der Waals surface area contributed by atoms with E-state index < -0.39 is 0 Å². The summed E-state index contributed by atoms with van der Waals surface area (Å²) in [5.74, 6) is -0.113. The van der Waals surface area contributed by atoms with Crippen LogP contribution in [0.15, 0.2) is 12.3 Å². The molecule has 0 saturated heterocycles. The minimum Gasteiger partial charge on any atom is -0.372 e. The Morgan fingerprint density at radius 3 is 3.07 bits per heavy atom. The topological polar surface area (TPSA) is 56.1 Å². The summed E-state index contributed by atoms with van der Waals surface area (Å²) in [6.07, 6.45) is 1.84. The summed E-state index contributed by atoms with van der Waals surface area (Å²) in [7, 11) is 1.84. The van der Waals surface area contributed by atoms with Crippen molar-refractivity contribution in [3.63, 3.8) is 0 Å². The Labute approximate surface area is 83.1 Å². The monoisotopic (exact) mass is 197 g/mol. The number of hydrogen-bond donors (Lipinski definition) is 1. The van der Waals surface area contributed by atoms with Crippen LogP contribution in [-0.4, -0.2) is 28.9 Å². The Kier molecular flexibility index (Phi) is 4.12. The Balaban J connectivity index is 2.23. The molecule has 5 heteroatoms. The summed E-state index contributed by atoms with van der Waals surface area (Å²) < 4.78 is 6.65. The van der Waals surface area contributed by atoms with E-state index in [0.717, 1.165) is 5.69 Å². The fourth-order valence-electron chi connectivity index (χ4n) is 0.992. The van der Waals surface area contributed by atoms with Crippen LogP contribution in [0.5, 0.6) is 0 Å². The van der Waals surface area contributed by atoms with Crippen LogP contribution in [0.2, 0.25) is 0 Å². The highest BCUT2D eigenvalue weighted by atomic mass is 16.5. The second kappa shape index (κ2) is 5.39. The Hall–Kier alpha value is -1.36. The summed E-state index contributed by atoms with van der Waals surface area (Å²) in [5.41, 5.74) is 0.845. The van der Waals surface area contributed by atoms with Crippen LogP contribution in [0.1, 0.15) is 12.6 Å². The molecule has 0 aliphatic heterocycles. The number of hydrogen-bond acceptors (Lipinski definition) is 3. The normalized spacial score (nSPS) is 10.1. The molecule has 0 aliphatic carbocycles. The fraction of sp³-hybridized carbons (Fsp3) is 0.556. The van der Waals surface area contributed by atoms with Gasteiger partial charge in [-0.3, -0.25) is 9.48 Å². The highest BCUT2D eigenvalue weighted by Gasteiger charge is 2.01. The minimum atomic E-state index is -0.113. The van der Waals surface area contributed by atoms with Crippen molar-refractivity contribution in [1.82, 2.24) is 15.1 Å². The van der Waals surface area contributed by atoms with Gasteiger partial charge in [0.25, 0.3) is 0 Å². The van der Waals surface area contributed by atoms with E-state index in [9.17, 15) is 4.79 Å². The van der Waals surface area contributed by atoms with Gasteiger partial charge < -0.3 is 10.1 Å². The molecular weight excluding hydrogens is 182 g/mol. The Bertz CT molecular complexity index is 296. The highest BCUT2D eigenvalue weighted by molar-refractivity contribution is 5.77. The molecule has 1 aromatic rings. The maximum absolute atomic E-state index is 11.1. The van der Waals surface area contributed by atoms with Gasteiger partial charge in [-0.25, -0.2) is 0 Å². The summed E-state index contributed by atoms with van der Waals surface area (Å²) in [4.78, 5) is 11.1. The third kappa shape index (κ3) is 3.57. The number of carbonyl (C=O) groups is 1. The van der Waals surface area contributed by atoms with Gasteiger partial charge in [0.05, 0.1) is 12.2 Å². The molecule has 0 aromatic carbocycles. The van der Waals surface area contributed by atoms with E-state index in [-0.39, 0.29) is 12.5 Å². The molecule has 0 unspecified atom stereocenters. The van der Waals surface area contributed by atoms with Gasteiger partial charge in [-0.1, -0.05) is 0 Å². The maximum Gasteiger partial charge on any atom is 0.246 e. The largest absolute Gasteiger partial charge is 0.372 e. The van der Waals surface area contributed by atoms with Crippen LogP contribution in [0.3, 0.4) is 0 Å². The average Bonchev–Trinajstić information content (AvgIpc) is 2.58. The van der Waals surface area contributed by atoms with Gasteiger partial charge in [0.15, 0.2) is 0 Å². The molecule has 1 heterocycles. The molecule has 78 valence electrons.